The van der Waals surface area contributed by atoms with Crippen LogP contribution in [0.3, 0.4) is 0 Å². The number of esters is 2. The molecule has 0 bridgehead atoms. The molecule has 2 aromatic carbocycles. The van der Waals surface area contributed by atoms with Gasteiger partial charge in [-0.1, -0.05) is 38.6 Å². The first kappa shape index (κ1) is 37.8. The topological polar surface area (TPSA) is 173 Å². The number of aliphatic hydroxyl groups is 1. The third-order valence-electron chi connectivity index (χ3n) is 8.14. The molecule has 48 heavy (non-hydrogen) atoms. The maximum Gasteiger partial charge on any atom is 0.330 e. The van der Waals surface area contributed by atoms with E-state index in [4.69, 9.17) is 24.1 Å². The summed E-state index contributed by atoms with van der Waals surface area (Å²) in [6.45, 7) is 6.80. The van der Waals surface area contributed by atoms with E-state index in [1.165, 1.54) is 4.90 Å². The number of nitrogens with one attached hydrogen (secondary N) is 2. The van der Waals surface area contributed by atoms with Gasteiger partial charge in [0.25, 0.3) is 5.91 Å². The molecule has 3 rings (SSSR count). The molecule has 2 aromatic rings. The molecule has 1 saturated heterocycles. The molecule has 0 aliphatic carbocycles. The van der Waals surface area contributed by atoms with Crippen LogP contribution >= 0.6 is 0 Å². The van der Waals surface area contributed by atoms with Crippen LogP contribution in [0.1, 0.15) is 63.2 Å². The lowest BCUT2D eigenvalue weighted by molar-refractivity contribution is -0.168. The molecule has 1 fully saturated rings. The highest BCUT2D eigenvalue weighted by molar-refractivity contribution is 5.88. The second-order valence-electron chi connectivity index (χ2n) is 12.2. The Hall–Kier alpha value is -4.62. The van der Waals surface area contributed by atoms with Crippen molar-refractivity contribution in [3.05, 3.63) is 66.2 Å². The van der Waals surface area contributed by atoms with E-state index < -0.39 is 47.5 Å². The number of rotatable bonds is 18. The predicted octanol–water partition coefficient (Wildman–Crippen LogP) is 3.81. The minimum atomic E-state index is -1.54. The van der Waals surface area contributed by atoms with Gasteiger partial charge in [0, 0.05) is 30.3 Å². The molecule has 262 valence electrons. The van der Waals surface area contributed by atoms with Crippen molar-refractivity contribution in [3.8, 4) is 11.5 Å². The Labute approximate surface area is 281 Å². The molecule has 13 heteroatoms. The van der Waals surface area contributed by atoms with Crippen LogP contribution in [-0.4, -0.2) is 85.0 Å². The fourth-order valence-electron chi connectivity index (χ4n) is 5.32. The lowest BCUT2D eigenvalue weighted by atomic mass is 9.85. The summed E-state index contributed by atoms with van der Waals surface area (Å²) in [6, 6.07) is 11.9. The summed E-state index contributed by atoms with van der Waals surface area (Å²) in [5.74, 6) is -1.68. The van der Waals surface area contributed by atoms with Gasteiger partial charge < -0.3 is 39.5 Å². The van der Waals surface area contributed by atoms with Crippen LogP contribution in [0.2, 0.25) is 0 Å². The van der Waals surface area contributed by atoms with Gasteiger partial charge in [-0.25, -0.2) is 15.0 Å². The van der Waals surface area contributed by atoms with Crippen molar-refractivity contribution in [2.24, 2.45) is 5.41 Å². The number of benzene rings is 2. The summed E-state index contributed by atoms with van der Waals surface area (Å²) in [5, 5.41) is 20.0. The summed E-state index contributed by atoms with van der Waals surface area (Å²) < 4.78 is 22.1. The minimum absolute atomic E-state index is 0.0687. The Balaban J connectivity index is 1.83. The third kappa shape index (κ3) is 10.7. The van der Waals surface area contributed by atoms with E-state index in [2.05, 4.69) is 17.4 Å². The Bertz CT molecular complexity index is 1430. The van der Waals surface area contributed by atoms with Gasteiger partial charge in [0.1, 0.15) is 18.2 Å². The number of anilines is 1. The number of hydrogen-bond acceptors (Lipinski definition) is 11. The molecule has 1 amide bonds. The number of hydrogen-bond donors (Lipinski definition) is 4. The van der Waals surface area contributed by atoms with Crippen LogP contribution in [0, 0.1) is 5.41 Å². The predicted molar refractivity (Wildman–Crippen MR) is 177 cm³/mol. The smallest absolute Gasteiger partial charge is 0.330 e. The van der Waals surface area contributed by atoms with Gasteiger partial charge in [0.2, 0.25) is 0 Å². The zero-order valence-electron chi connectivity index (χ0n) is 28.0. The molecule has 0 radical (unpaired) electrons. The molecular weight excluding hydrogens is 622 g/mol. The van der Waals surface area contributed by atoms with E-state index in [1.54, 1.807) is 52.3 Å². The van der Waals surface area contributed by atoms with Crippen LogP contribution in [0.5, 0.6) is 11.5 Å². The summed E-state index contributed by atoms with van der Waals surface area (Å²) in [6.07, 6.45) is 1.28. The van der Waals surface area contributed by atoms with Gasteiger partial charge in [-0.3, -0.25) is 9.59 Å². The highest BCUT2D eigenvalue weighted by Gasteiger charge is 2.42. The summed E-state index contributed by atoms with van der Waals surface area (Å²) in [5.41, 5.74) is 6.97. The van der Waals surface area contributed by atoms with E-state index in [9.17, 15) is 24.3 Å². The molecule has 0 aromatic heterocycles. The van der Waals surface area contributed by atoms with Crippen molar-refractivity contribution in [2.45, 2.75) is 70.6 Å². The zero-order valence-corrected chi connectivity index (χ0v) is 28.0. The first-order valence-electron chi connectivity index (χ1n) is 15.9. The van der Waals surface area contributed by atoms with Crippen molar-refractivity contribution in [1.29, 1.82) is 0 Å². The van der Waals surface area contributed by atoms with Crippen LogP contribution in [-0.2, 0) is 35.1 Å². The van der Waals surface area contributed by atoms with Crippen molar-refractivity contribution >= 4 is 29.5 Å². The summed E-state index contributed by atoms with van der Waals surface area (Å²) in [7, 11) is 3.11. The van der Waals surface area contributed by atoms with Gasteiger partial charge in [0.15, 0.2) is 11.5 Å². The Morgan fingerprint density at radius 2 is 1.83 bits per heavy atom. The summed E-state index contributed by atoms with van der Waals surface area (Å²) in [4.78, 5) is 51.3. The number of amides is 1. The highest BCUT2D eigenvalue weighted by atomic mass is 16.5. The van der Waals surface area contributed by atoms with Gasteiger partial charge >= 0.3 is 17.9 Å². The number of hydrazine groups is 1. The molecule has 1 unspecified atom stereocenters. The SMILES string of the molecule is C=CC(=O)OCC(C)(C)C(O)C(=O)N1CCCC[C@H]1C(=O)O[C@H](CCc1ccc(OC)c(OC)c1)c1cccc(NNCCC(=O)O)c1. The number of methoxy groups -OCH3 is 2. The molecule has 0 saturated carbocycles. The number of piperidine rings is 1. The molecule has 3 atom stereocenters. The zero-order chi connectivity index (χ0) is 35.3. The number of carboxylic acid groups (broad SMARTS) is 1. The molecular formula is C35H47N3O10. The maximum atomic E-state index is 13.9. The Kier molecular flexibility index (Phi) is 14.2. The number of likely N-dealkylation sites (tertiary alicyclic amines) is 1. The first-order valence-corrected chi connectivity index (χ1v) is 15.9. The Morgan fingerprint density at radius 3 is 2.52 bits per heavy atom. The fourth-order valence-corrected chi connectivity index (χ4v) is 5.32. The van der Waals surface area contributed by atoms with Crippen LogP contribution < -0.4 is 20.3 Å². The van der Waals surface area contributed by atoms with Crippen LogP contribution in [0.15, 0.2) is 55.1 Å². The average molecular weight is 670 g/mol. The lowest BCUT2D eigenvalue weighted by Crippen LogP contribution is -2.55. The van der Waals surface area contributed by atoms with E-state index in [-0.39, 0.29) is 26.1 Å². The maximum absolute atomic E-state index is 13.9. The molecule has 4 N–H and O–H groups in total. The third-order valence-corrected chi connectivity index (χ3v) is 8.14. The van der Waals surface area contributed by atoms with Gasteiger partial charge in [-0.15, -0.1) is 0 Å². The van der Waals surface area contributed by atoms with Crippen molar-refractivity contribution < 1.29 is 48.3 Å². The fraction of sp³-hybridized carbons (Fsp3) is 0.486. The van der Waals surface area contributed by atoms with E-state index in [0.717, 1.165) is 11.6 Å². The number of aliphatic hydroxyl groups excluding tert-OH is 1. The van der Waals surface area contributed by atoms with Crippen LogP contribution in [0.25, 0.3) is 0 Å². The quantitative estimate of drug-likeness (QED) is 0.0784. The van der Waals surface area contributed by atoms with Crippen molar-refractivity contribution in [1.82, 2.24) is 10.3 Å². The van der Waals surface area contributed by atoms with Gasteiger partial charge in [0.05, 0.1) is 27.2 Å². The number of nitrogens with zero attached hydrogens (tertiary/aromatic N) is 1. The van der Waals surface area contributed by atoms with Crippen LogP contribution in [0.4, 0.5) is 5.69 Å². The Morgan fingerprint density at radius 1 is 1.08 bits per heavy atom. The number of carboxylic acids is 1. The van der Waals surface area contributed by atoms with Gasteiger partial charge in [-0.05, 0) is 67.5 Å². The standard InChI is InChI=1S/C35H47N3O10/c1-6-31(41)47-22-35(2,3)32(42)33(43)38-19-8-7-12-26(38)34(44)48-27(15-13-23-14-16-28(45-4)29(20-23)46-5)24-10-9-11-25(21-24)37-36-18-17-30(39)40/h6,9-11,14,16,20-21,26-27,32,36-37,42H,1,7-8,12-13,15,17-19,22H2,2-5H3,(H,39,40)/t26-,27+,32?/m0/s1. The summed E-state index contributed by atoms with van der Waals surface area (Å²) >= 11 is 0. The molecule has 1 aliphatic heterocycles. The number of aryl methyl sites for hydroxylation is 1. The lowest BCUT2D eigenvalue weighted by Gasteiger charge is -2.39. The molecule has 13 nitrogen and oxygen atoms in total. The largest absolute Gasteiger partial charge is 0.493 e. The van der Waals surface area contributed by atoms with E-state index in [0.29, 0.717) is 54.9 Å². The van der Waals surface area contributed by atoms with Crippen molar-refractivity contribution in [3.63, 3.8) is 0 Å². The number of carbonyl (C=O) groups excluding carboxylic acids is 3. The monoisotopic (exact) mass is 669 g/mol. The number of ether oxygens (including phenoxy) is 4. The van der Waals surface area contributed by atoms with Crippen molar-refractivity contribution in [2.75, 3.05) is 39.3 Å². The second kappa shape index (κ2) is 18.1. The van der Waals surface area contributed by atoms with E-state index in [1.807, 2.05) is 18.2 Å². The normalized spacial score (nSPS) is 15.9. The molecule has 1 heterocycles. The first-order chi connectivity index (χ1) is 22.9. The highest BCUT2D eigenvalue weighted by Crippen LogP contribution is 2.32. The molecule has 0 spiro atoms. The minimum Gasteiger partial charge on any atom is -0.493 e. The number of carbonyl (C=O) groups is 4. The second-order valence-corrected chi connectivity index (χ2v) is 12.2. The number of aliphatic carboxylic acids is 1. The average Bonchev–Trinajstić information content (AvgIpc) is 3.09. The van der Waals surface area contributed by atoms with E-state index >= 15 is 0 Å². The van der Waals surface area contributed by atoms with Gasteiger partial charge in [-0.2, -0.15) is 0 Å². The molecule has 1 aliphatic rings.